The van der Waals surface area contributed by atoms with Crippen molar-refractivity contribution < 1.29 is 0 Å². The van der Waals surface area contributed by atoms with Gasteiger partial charge in [-0.1, -0.05) is 19.9 Å². The second-order valence-electron chi connectivity index (χ2n) is 4.45. The first-order chi connectivity index (χ1) is 6.20. The van der Waals surface area contributed by atoms with E-state index in [9.17, 15) is 0 Å². The molecule has 0 aromatic rings. The SMILES string of the molecule is C#CC1CCC(C(C)C)C1CC=C. The van der Waals surface area contributed by atoms with Crippen molar-refractivity contribution in [2.24, 2.45) is 23.7 Å². The molecule has 3 atom stereocenters. The summed E-state index contributed by atoms with van der Waals surface area (Å²) < 4.78 is 0. The minimum absolute atomic E-state index is 0.505. The topological polar surface area (TPSA) is 0 Å². The molecule has 0 heteroatoms. The van der Waals surface area contributed by atoms with E-state index in [0.717, 1.165) is 18.3 Å². The van der Waals surface area contributed by atoms with E-state index in [-0.39, 0.29) is 0 Å². The van der Waals surface area contributed by atoms with E-state index < -0.39 is 0 Å². The number of hydrogen-bond acceptors (Lipinski definition) is 0. The molecule has 0 aromatic carbocycles. The minimum Gasteiger partial charge on any atom is -0.120 e. The molecule has 0 amide bonds. The summed E-state index contributed by atoms with van der Waals surface area (Å²) in [6, 6.07) is 0. The fraction of sp³-hybridized carbons (Fsp3) is 0.692. The van der Waals surface area contributed by atoms with Crippen LogP contribution in [0.3, 0.4) is 0 Å². The Morgan fingerprint density at radius 3 is 2.69 bits per heavy atom. The quantitative estimate of drug-likeness (QED) is 0.456. The normalized spacial score (nSPS) is 33.2. The highest BCUT2D eigenvalue weighted by Gasteiger charge is 2.35. The van der Waals surface area contributed by atoms with Crippen molar-refractivity contribution in [3.63, 3.8) is 0 Å². The lowest BCUT2D eigenvalue weighted by Gasteiger charge is -2.24. The molecule has 13 heavy (non-hydrogen) atoms. The molecule has 0 saturated heterocycles. The lowest BCUT2D eigenvalue weighted by molar-refractivity contribution is 0.278. The van der Waals surface area contributed by atoms with Crippen LogP contribution in [0.15, 0.2) is 12.7 Å². The van der Waals surface area contributed by atoms with Crippen LogP contribution in [0.25, 0.3) is 0 Å². The number of rotatable bonds is 3. The highest BCUT2D eigenvalue weighted by Crippen LogP contribution is 2.42. The predicted molar refractivity (Wildman–Crippen MR) is 58.2 cm³/mol. The maximum absolute atomic E-state index is 5.53. The Balaban J connectivity index is 2.67. The van der Waals surface area contributed by atoms with Gasteiger partial charge in [0.05, 0.1) is 0 Å². The summed E-state index contributed by atoms with van der Waals surface area (Å²) in [6.45, 7) is 8.43. The first kappa shape index (κ1) is 10.4. The molecule has 1 rings (SSSR count). The van der Waals surface area contributed by atoms with Gasteiger partial charge in [-0.05, 0) is 37.0 Å². The molecule has 3 unspecified atom stereocenters. The Morgan fingerprint density at radius 2 is 2.23 bits per heavy atom. The third kappa shape index (κ3) is 2.15. The monoisotopic (exact) mass is 176 g/mol. The summed E-state index contributed by atoms with van der Waals surface area (Å²) in [4.78, 5) is 0. The van der Waals surface area contributed by atoms with E-state index in [1.54, 1.807) is 0 Å². The van der Waals surface area contributed by atoms with Crippen LogP contribution in [0.4, 0.5) is 0 Å². The van der Waals surface area contributed by atoms with Crippen LogP contribution in [0.5, 0.6) is 0 Å². The fourth-order valence-electron chi connectivity index (χ4n) is 2.66. The van der Waals surface area contributed by atoms with Crippen molar-refractivity contribution >= 4 is 0 Å². The summed E-state index contributed by atoms with van der Waals surface area (Å²) in [5.41, 5.74) is 0. The van der Waals surface area contributed by atoms with Gasteiger partial charge in [-0.15, -0.1) is 18.9 Å². The first-order valence-electron chi connectivity index (χ1n) is 5.27. The number of allylic oxidation sites excluding steroid dienone is 1. The molecule has 1 saturated carbocycles. The van der Waals surface area contributed by atoms with Gasteiger partial charge in [0, 0.05) is 5.92 Å². The second-order valence-corrected chi connectivity index (χ2v) is 4.45. The molecule has 0 bridgehead atoms. The van der Waals surface area contributed by atoms with Gasteiger partial charge in [-0.2, -0.15) is 0 Å². The third-order valence-electron chi connectivity index (χ3n) is 3.39. The minimum atomic E-state index is 0.505. The molecule has 0 radical (unpaired) electrons. The van der Waals surface area contributed by atoms with Gasteiger partial charge in [-0.3, -0.25) is 0 Å². The van der Waals surface area contributed by atoms with E-state index in [2.05, 4.69) is 26.3 Å². The van der Waals surface area contributed by atoms with E-state index in [0.29, 0.717) is 11.8 Å². The third-order valence-corrected chi connectivity index (χ3v) is 3.39. The molecule has 0 aliphatic heterocycles. The first-order valence-corrected chi connectivity index (χ1v) is 5.27. The van der Waals surface area contributed by atoms with Crippen LogP contribution >= 0.6 is 0 Å². The van der Waals surface area contributed by atoms with Crippen molar-refractivity contribution in [1.82, 2.24) is 0 Å². The van der Waals surface area contributed by atoms with E-state index in [4.69, 9.17) is 6.42 Å². The molecule has 0 aromatic heterocycles. The number of hydrogen-bond donors (Lipinski definition) is 0. The van der Waals surface area contributed by atoms with E-state index >= 15 is 0 Å². The van der Waals surface area contributed by atoms with Crippen molar-refractivity contribution in [2.75, 3.05) is 0 Å². The van der Waals surface area contributed by atoms with Gasteiger partial charge >= 0.3 is 0 Å². The van der Waals surface area contributed by atoms with Gasteiger partial charge in [0.15, 0.2) is 0 Å². The molecule has 0 spiro atoms. The molecule has 0 nitrogen and oxygen atoms in total. The second kappa shape index (κ2) is 4.51. The summed E-state index contributed by atoms with van der Waals surface area (Å²) >= 11 is 0. The van der Waals surface area contributed by atoms with Crippen molar-refractivity contribution in [1.29, 1.82) is 0 Å². The maximum atomic E-state index is 5.53. The standard InChI is InChI=1S/C13H20/c1-5-7-13-11(6-2)8-9-12(13)10(3)4/h2,5,10-13H,1,7-9H2,3-4H3. The number of terminal acetylenes is 1. The zero-order valence-electron chi connectivity index (χ0n) is 8.79. The Bertz CT molecular complexity index is 207. The van der Waals surface area contributed by atoms with Crippen molar-refractivity contribution in [3.8, 4) is 12.3 Å². The van der Waals surface area contributed by atoms with Crippen molar-refractivity contribution in [3.05, 3.63) is 12.7 Å². The average Bonchev–Trinajstić information content (AvgIpc) is 2.48. The van der Waals surface area contributed by atoms with Crippen LogP contribution in [0.2, 0.25) is 0 Å². The summed E-state index contributed by atoms with van der Waals surface area (Å²) in [7, 11) is 0. The van der Waals surface area contributed by atoms with Crippen LogP contribution in [0.1, 0.15) is 33.1 Å². The van der Waals surface area contributed by atoms with Crippen LogP contribution in [0, 0.1) is 36.0 Å². The van der Waals surface area contributed by atoms with Crippen LogP contribution < -0.4 is 0 Å². The van der Waals surface area contributed by atoms with E-state index in [1.807, 2.05) is 6.08 Å². The summed E-state index contributed by atoms with van der Waals surface area (Å²) in [6.07, 6.45) is 11.2. The Hall–Kier alpha value is -0.700. The molecule has 1 fully saturated rings. The van der Waals surface area contributed by atoms with Crippen LogP contribution in [-0.2, 0) is 0 Å². The van der Waals surface area contributed by atoms with Crippen LogP contribution in [-0.4, -0.2) is 0 Å². The smallest absolute Gasteiger partial charge is 0.0234 e. The summed E-state index contributed by atoms with van der Waals surface area (Å²) in [5.74, 6) is 5.72. The molecular formula is C13H20. The van der Waals surface area contributed by atoms with Gasteiger partial charge in [0.2, 0.25) is 0 Å². The summed E-state index contributed by atoms with van der Waals surface area (Å²) in [5, 5.41) is 0. The Labute approximate surface area is 82.4 Å². The molecule has 72 valence electrons. The zero-order chi connectivity index (χ0) is 9.84. The van der Waals surface area contributed by atoms with Gasteiger partial charge in [0.25, 0.3) is 0 Å². The largest absolute Gasteiger partial charge is 0.120 e. The van der Waals surface area contributed by atoms with Gasteiger partial charge in [-0.25, -0.2) is 0 Å². The lowest BCUT2D eigenvalue weighted by atomic mass is 9.81. The average molecular weight is 176 g/mol. The molecular weight excluding hydrogens is 156 g/mol. The Kier molecular flexibility index (Phi) is 3.60. The van der Waals surface area contributed by atoms with Gasteiger partial charge < -0.3 is 0 Å². The highest BCUT2D eigenvalue weighted by molar-refractivity contribution is 5.03. The van der Waals surface area contributed by atoms with E-state index in [1.165, 1.54) is 12.8 Å². The molecule has 1 aliphatic carbocycles. The zero-order valence-corrected chi connectivity index (χ0v) is 8.79. The fourth-order valence-corrected chi connectivity index (χ4v) is 2.66. The predicted octanol–water partition coefficient (Wildman–Crippen LogP) is 3.49. The Morgan fingerprint density at radius 1 is 1.54 bits per heavy atom. The maximum Gasteiger partial charge on any atom is 0.0234 e. The van der Waals surface area contributed by atoms with Gasteiger partial charge in [0.1, 0.15) is 0 Å². The highest BCUT2D eigenvalue weighted by atomic mass is 14.4. The molecule has 1 aliphatic rings. The molecule has 0 N–H and O–H groups in total. The van der Waals surface area contributed by atoms with Crippen molar-refractivity contribution in [2.45, 2.75) is 33.1 Å². The molecule has 0 heterocycles. The lowest BCUT2D eigenvalue weighted by Crippen LogP contribution is -2.17.